The van der Waals surface area contributed by atoms with Crippen molar-refractivity contribution in [3.05, 3.63) is 17.5 Å². The number of carboxylic acids is 1. The molecule has 0 amide bonds. The Labute approximate surface area is 108 Å². The van der Waals surface area contributed by atoms with Gasteiger partial charge >= 0.3 is 5.97 Å². The van der Waals surface area contributed by atoms with Gasteiger partial charge in [0.2, 0.25) is 0 Å². The smallest absolute Gasteiger partial charge is 0.304 e. The van der Waals surface area contributed by atoms with Gasteiger partial charge in [-0.1, -0.05) is 0 Å². The highest BCUT2D eigenvalue weighted by Crippen LogP contribution is 2.18. The summed E-state index contributed by atoms with van der Waals surface area (Å²) in [6, 6.07) is 2.04. The van der Waals surface area contributed by atoms with Crippen LogP contribution in [-0.4, -0.2) is 37.8 Å². The first-order valence-corrected chi connectivity index (χ1v) is 6.16. The van der Waals surface area contributed by atoms with Crippen LogP contribution in [0, 0.1) is 6.92 Å². The van der Waals surface area contributed by atoms with E-state index in [1.54, 1.807) is 0 Å². The zero-order valence-corrected chi connectivity index (χ0v) is 11.9. The fraction of sp³-hybridized carbons (Fsp3) is 0.692. The lowest BCUT2D eigenvalue weighted by atomic mass is 10.1. The van der Waals surface area contributed by atoms with Gasteiger partial charge in [0.1, 0.15) is 0 Å². The Hall–Kier alpha value is -1.36. The van der Waals surface area contributed by atoms with E-state index in [1.165, 1.54) is 0 Å². The molecule has 0 aromatic carbocycles. The van der Waals surface area contributed by atoms with Gasteiger partial charge in [0, 0.05) is 25.7 Å². The summed E-state index contributed by atoms with van der Waals surface area (Å²) >= 11 is 0. The normalized spacial score (nSPS) is 12.1. The fourth-order valence-corrected chi connectivity index (χ4v) is 1.89. The number of rotatable bonds is 5. The SMILES string of the molecule is Cc1cc(CN(CCC(=O)O)C(C)(C)C)n(C)n1. The Balaban J connectivity index is 2.78. The van der Waals surface area contributed by atoms with Crippen molar-refractivity contribution in [2.75, 3.05) is 6.54 Å². The maximum Gasteiger partial charge on any atom is 0.304 e. The first-order chi connectivity index (χ1) is 8.20. The average Bonchev–Trinajstić information content (AvgIpc) is 2.49. The number of carbonyl (C=O) groups is 1. The van der Waals surface area contributed by atoms with Gasteiger partial charge < -0.3 is 5.11 Å². The predicted molar refractivity (Wildman–Crippen MR) is 70.4 cm³/mol. The third kappa shape index (κ3) is 4.14. The van der Waals surface area contributed by atoms with Gasteiger partial charge in [-0.05, 0) is 33.8 Å². The first kappa shape index (κ1) is 14.7. The van der Waals surface area contributed by atoms with Crippen molar-refractivity contribution in [1.82, 2.24) is 14.7 Å². The molecular weight excluding hydrogens is 230 g/mol. The molecule has 0 aliphatic heterocycles. The summed E-state index contributed by atoms with van der Waals surface area (Å²) in [6.07, 6.45) is 0.161. The number of nitrogens with zero attached hydrogens (tertiary/aromatic N) is 3. The molecule has 5 nitrogen and oxygen atoms in total. The fourth-order valence-electron chi connectivity index (χ4n) is 1.89. The van der Waals surface area contributed by atoms with Crippen molar-refractivity contribution in [2.24, 2.45) is 7.05 Å². The van der Waals surface area contributed by atoms with Gasteiger partial charge in [-0.3, -0.25) is 14.4 Å². The lowest BCUT2D eigenvalue weighted by Gasteiger charge is -2.35. The van der Waals surface area contributed by atoms with Crippen LogP contribution in [0.15, 0.2) is 6.07 Å². The Morgan fingerprint density at radius 2 is 2.11 bits per heavy atom. The zero-order chi connectivity index (χ0) is 13.9. The second-order valence-electron chi connectivity index (χ2n) is 5.64. The molecule has 0 aliphatic carbocycles. The van der Waals surface area contributed by atoms with Crippen LogP contribution in [0.5, 0.6) is 0 Å². The summed E-state index contributed by atoms with van der Waals surface area (Å²) in [5.41, 5.74) is 2.03. The van der Waals surface area contributed by atoms with Crippen LogP contribution in [0.1, 0.15) is 38.6 Å². The average molecular weight is 253 g/mol. The van der Waals surface area contributed by atoms with Crippen LogP contribution in [-0.2, 0) is 18.4 Å². The van der Waals surface area contributed by atoms with E-state index in [1.807, 2.05) is 24.7 Å². The van der Waals surface area contributed by atoms with Gasteiger partial charge in [0.15, 0.2) is 0 Å². The van der Waals surface area contributed by atoms with Crippen LogP contribution in [0.2, 0.25) is 0 Å². The summed E-state index contributed by atoms with van der Waals surface area (Å²) in [4.78, 5) is 12.9. The Morgan fingerprint density at radius 3 is 2.50 bits per heavy atom. The summed E-state index contributed by atoms with van der Waals surface area (Å²) in [6.45, 7) is 9.51. The van der Waals surface area contributed by atoms with Crippen molar-refractivity contribution in [3.63, 3.8) is 0 Å². The lowest BCUT2D eigenvalue weighted by Crippen LogP contribution is -2.42. The number of hydrogen-bond acceptors (Lipinski definition) is 3. The first-order valence-electron chi connectivity index (χ1n) is 6.16. The molecule has 0 radical (unpaired) electrons. The molecular formula is C13H23N3O2. The third-order valence-corrected chi connectivity index (χ3v) is 3.00. The van der Waals surface area contributed by atoms with Crippen molar-refractivity contribution in [1.29, 1.82) is 0 Å². The highest BCUT2D eigenvalue weighted by molar-refractivity contribution is 5.66. The van der Waals surface area contributed by atoms with Crippen LogP contribution in [0.3, 0.4) is 0 Å². The molecule has 1 aromatic heterocycles. The van der Waals surface area contributed by atoms with E-state index in [-0.39, 0.29) is 12.0 Å². The monoisotopic (exact) mass is 253 g/mol. The van der Waals surface area contributed by atoms with Crippen molar-refractivity contribution >= 4 is 5.97 Å². The molecule has 0 unspecified atom stereocenters. The van der Waals surface area contributed by atoms with Crippen LogP contribution >= 0.6 is 0 Å². The van der Waals surface area contributed by atoms with Crippen LogP contribution in [0.4, 0.5) is 0 Å². The molecule has 0 spiro atoms. The molecule has 0 bridgehead atoms. The molecule has 0 fully saturated rings. The van der Waals surface area contributed by atoms with Gasteiger partial charge in [-0.25, -0.2) is 0 Å². The molecule has 18 heavy (non-hydrogen) atoms. The van der Waals surface area contributed by atoms with E-state index in [4.69, 9.17) is 5.11 Å². The standard InChI is InChI=1S/C13H23N3O2/c1-10-8-11(15(5)14-10)9-16(13(2,3)4)7-6-12(17)18/h8H,6-7,9H2,1-5H3,(H,17,18). The summed E-state index contributed by atoms with van der Waals surface area (Å²) in [5.74, 6) is -0.759. The van der Waals surface area contributed by atoms with Gasteiger partial charge in [0.05, 0.1) is 17.8 Å². The molecule has 102 valence electrons. The second kappa shape index (κ2) is 5.52. The Bertz CT molecular complexity index is 418. The summed E-state index contributed by atoms with van der Waals surface area (Å²) < 4.78 is 1.86. The largest absolute Gasteiger partial charge is 0.481 e. The minimum absolute atomic E-state index is 0.0619. The maximum absolute atomic E-state index is 10.7. The molecule has 1 rings (SSSR count). The zero-order valence-electron chi connectivity index (χ0n) is 11.9. The molecule has 0 atom stereocenters. The van der Waals surface area contributed by atoms with E-state index >= 15 is 0 Å². The number of aromatic nitrogens is 2. The number of hydrogen-bond donors (Lipinski definition) is 1. The molecule has 1 aromatic rings. The van der Waals surface area contributed by atoms with E-state index in [0.29, 0.717) is 13.1 Å². The highest BCUT2D eigenvalue weighted by atomic mass is 16.4. The van der Waals surface area contributed by atoms with E-state index in [9.17, 15) is 4.79 Å². The molecule has 0 aliphatic rings. The minimum Gasteiger partial charge on any atom is -0.481 e. The number of carboxylic acid groups (broad SMARTS) is 1. The number of aliphatic carboxylic acids is 1. The van der Waals surface area contributed by atoms with Gasteiger partial charge in [-0.2, -0.15) is 5.10 Å². The molecule has 1 N–H and O–H groups in total. The summed E-state index contributed by atoms with van der Waals surface area (Å²) in [7, 11) is 1.92. The van der Waals surface area contributed by atoms with Crippen molar-refractivity contribution in [2.45, 2.75) is 46.2 Å². The highest BCUT2D eigenvalue weighted by Gasteiger charge is 2.23. The van der Waals surface area contributed by atoms with Crippen LogP contribution in [0.25, 0.3) is 0 Å². The minimum atomic E-state index is -0.759. The van der Waals surface area contributed by atoms with Crippen LogP contribution < -0.4 is 0 Å². The molecule has 5 heteroatoms. The van der Waals surface area contributed by atoms with E-state index in [2.05, 4.69) is 30.8 Å². The second-order valence-corrected chi connectivity index (χ2v) is 5.64. The van der Waals surface area contributed by atoms with Crippen molar-refractivity contribution in [3.8, 4) is 0 Å². The quantitative estimate of drug-likeness (QED) is 0.869. The Kier molecular flexibility index (Phi) is 4.51. The third-order valence-electron chi connectivity index (χ3n) is 3.00. The van der Waals surface area contributed by atoms with E-state index < -0.39 is 5.97 Å². The number of aryl methyl sites for hydroxylation is 2. The lowest BCUT2D eigenvalue weighted by molar-refractivity contribution is -0.137. The van der Waals surface area contributed by atoms with Gasteiger partial charge in [0.25, 0.3) is 0 Å². The maximum atomic E-state index is 10.7. The van der Waals surface area contributed by atoms with Gasteiger partial charge in [-0.15, -0.1) is 0 Å². The van der Waals surface area contributed by atoms with E-state index in [0.717, 1.165) is 11.4 Å². The summed E-state index contributed by atoms with van der Waals surface area (Å²) in [5, 5.41) is 13.1. The molecule has 0 saturated heterocycles. The predicted octanol–water partition coefficient (Wildman–Crippen LogP) is 1.80. The Morgan fingerprint density at radius 1 is 1.50 bits per heavy atom. The van der Waals surface area contributed by atoms with Crippen molar-refractivity contribution < 1.29 is 9.90 Å². The topological polar surface area (TPSA) is 58.4 Å². The molecule has 1 heterocycles. The molecule has 0 saturated carbocycles.